The predicted molar refractivity (Wildman–Crippen MR) is 395 cm³/mol. The van der Waals surface area contributed by atoms with Crippen molar-refractivity contribution in [2.24, 2.45) is 23.7 Å². The third-order valence-electron chi connectivity index (χ3n) is 19.2. The van der Waals surface area contributed by atoms with Crippen LogP contribution in [0.15, 0.2) is 0 Å². The number of aliphatic hydroxyl groups excluding tert-OH is 1. The standard InChI is InChI=1S/C78H152O17P2/c1-9-69(6)55-47-39-31-24-20-18-16-14-12-13-15-17-19-21-27-35-44-52-60-77(82)94-73(64-88-75(80)58-50-42-33-26-23-22-25-32-40-48-56-70(7)10-2)66-92-96(84,85)90-62-72(79)63-91-97(86,87)93-67-74(95-78(83)61-53-45-37-36-41-49-57-71(8)11-3)65-89-76(81)59-51-43-34-29-28-30-38-46-54-68(4)5/h68-74,79H,9-67H2,1-8H3,(H,84,85)(H,86,87)/t69?,70?,71?,72?,73-,74-/m1/s1. The Balaban J connectivity index is 5.20. The van der Waals surface area contributed by atoms with Gasteiger partial charge in [-0.15, -0.1) is 0 Å². The van der Waals surface area contributed by atoms with Crippen molar-refractivity contribution < 1.29 is 80.2 Å². The van der Waals surface area contributed by atoms with Gasteiger partial charge in [-0.25, -0.2) is 9.13 Å². The molecule has 0 aliphatic carbocycles. The zero-order chi connectivity index (χ0) is 71.7. The van der Waals surface area contributed by atoms with Crippen LogP contribution in [0.3, 0.4) is 0 Å². The Bertz CT molecular complexity index is 1910. The molecule has 6 unspecified atom stereocenters. The Morgan fingerprint density at radius 3 is 0.732 bits per heavy atom. The molecule has 8 atom stereocenters. The van der Waals surface area contributed by atoms with Gasteiger partial charge in [0.05, 0.1) is 26.4 Å². The number of carbonyl (C=O) groups is 4. The van der Waals surface area contributed by atoms with Crippen molar-refractivity contribution in [2.75, 3.05) is 39.6 Å². The van der Waals surface area contributed by atoms with Crippen molar-refractivity contribution in [1.82, 2.24) is 0 Å². The molecule has 0 rings (SSSR count). The summed E-state index contributed by atoms with van der Waals surface area (Å²) in [7, 11) is -9.91. The van der Waals surface area contributed by atoms with Crippen LogP contribution < -0.4 is 0 Å². The molecule has 97 heavy (non-hydrogen) atoms. The molecule has 3 N–H and O–H groups in total. The Labute approximate surface area is 594 Å². The van der Waals surface area contributed by atoms with E-state index in [0.717, 1.165) is 114 Å². The van der Waals surface area contributed by atoms with Crippen LogP contribution in [-0.2, 0) is 65.4 Å². The van der Waals surface area contributed by atoms with Gasteiger partial charge in [0.25, 0.3) is 0 Å². The fourth-order valence-electron chi connectivity index (χ4n) is 11.8. The van der Waals surface area contributed by atoms with E-state index in [2.05, 4.69) is 55.4 Å². The second-order valence-electron chi connectivity index (χ2n) is 29.3. The van der Waals surface area contributed by atoms with Gasteiger partial charge in [0.1, 0.15) is 19.3 Å². The van der Waals surface area contributed by atoms with E-state index in [1.165, 1.54) is 199 Å². The Kier molecular flexibility index (Phi) is 65.9. The van der Waals surface area contributed by atoms with E-state index in [1.807, 2.05) is 0 Å². The molecule has 19 heteroatoms. The van der Waals surface area contributed by atoms with Crippen molar-refractivity contribution in [1.29, 1.82) is 0 Å². The molecule has 0 aliphatic heterocycles. The number of esters is 4. The molecule has 0 aromatic carbocycles. The number of hydrogen-bond acceptors (Lipinski definition) is 15. The Hall–Kier alpha value is -1.94. The molecule has 0 heterocycles. The van der Waals surface area contributed by atoms with Gasteiger partial charge in [-0.05, 0) is 49.4 Å². The number of unbranched alkanes of at least 4 members (excludes halogenated alkanes) is 38. The van der Waals surface area contributed by atoms with Gasteiger partial charge < -0.3 is 33.8 Å². The molecular weight excluding hydrogens is 1270 g/mol. The van der Waals surface area contributed by atoms with Gasteiger partial charge in [-0.3, -0.25) is 37.3 Å². The lowest BCUT2D eigenvalue weighted by Crippen LogP contribution is -2.30. The maximum atomic E-state index is 13.1. The third kappa shape index (κ3) is 68.3. The van der Waals surface area contributed by atoms with Gasteiger partial charge in [0, 0.05) is 25.7 Å². The number of ether oxygens (including phenoxy) is 4. The van der Waals surface area contributed by atoms with E-state index in [1.54, 1.807) is 0 Å². The Morgan fingerprint density at radius 1 is 0.289 bits per heavy atom. The smallest absolute Gasteiger partial charge is 0.462 e. The summed E-state index contributed by atoms with van der Waals surface area (Å²) >= 11 is 0. The normalized spacial score (nSPS) is 14.9. The highest BCUT2D eigenvalue weighted by Crippen LogP contribution is 2.45. The summed E-state index contributed by atoms with van der Waals surface area (Å²) in [5.41, 5.74) is 0. The van der Waals surface area contributed by atoms with E-state index in [-0.39, 0.29) is 25.7 Å². The van der Waals surface area contributed by atoms with E-state index in [9.17, 15) is 43.2 Å². The maximum Gasteiger partial charge on any atom is 0.472 e. The number of phosphoric ester groups is 2. The monoisotopic (exact) mass is 1420 g/mol. The maximum absolute atomic E-state index is 13.1. The number of hydrogen-bond donors (Lipinski definition) is 3. The number of carbonyl (C=O) groups excluding carboxylic acids is 4. The summed E-state index contributed by atoms with van der Waals surface area (Å²) in [6.45, 7) is 14.2. The van der Waals surface area contributed by atoms with Crippen LogP contribution >= 0.6 is 15.6 Å². The first kappa shape index (κ1) is 95.1. The topological polar surface area (TPSA) is 237 Å². The molecular formula is C78H152O17P2. The summed E-state index contributed by atoms with van der Waals surface area (Å²) < 4.78 is 68.5. The highest BCUT2D eigenvalue weighted by molar-refractivity contribution is 7.47. The van der Waals surface area contributed by atoms with Gasteiger partial charge in [-0.1, -0.05) is 344 Å². The second-order valence-corrected chi connectivity index (χ2v) is 32.2. The highest BCUT2D eigenvalue weighted by Gasteiger charge is 2.30. The van der Waals surface area contributed by atoms with Crippen LogP contribution in [0.1, 0.15) is 396 Å². The summed E-state index contributed by atoms with van der Waals surface area (Å²) in [5, 5.41) is 10.6. The van der Waals surface area contributed by atoms with Crippen LogP contribution in [0.25, 0.3) is 0 Å². The zero-order valence-electron chi connectivity index (χ0n) is 63.7. The largest absolute Gasteiger partial charge is 0.472 e. The summed E-state index contributed by atoms with van der Waals surface area (Å²) in [4.78, 5) is 72.8. The van der Waals surface area contributed by atoms with E-state index in [4.69, 9.17) is 37.0 Å². The fourth-order valence-corrected chi connectivity index (χ4v) is 13.4. The van der Waals surface area contributed by atoms with Crippen molar-refractivity contribution in [3.05, 3.63) is 0 Å². The molecule has 0 aliphatic rings. The van der Waals surface area contributed by atoms with Gasteiger partial charge in [-0.2, -0.15) is 0 Å². The average molecular weight is 1420 g/mol. The zero-order valence-corrected chi connectivity index (χ0v) is 65.5. The van der Waals surface area contributed by atoms with Crippen LogP contribution in [0.4, 0.5) is 0 Å². The highest BCUT2D eigenvalue weighted by atomic mass is 31.2. The van der Waals surface area contributed by atoms with Gasteiger partial charge in [0.2, 0.25) is 0 Å². The molecule has 576 valence electrons. The SMILES string of the molecule is CCC(C)CCCCCCCCCCCCCCCCCCCCC(=O)O[C@H](COC(=O)CCCCCCCCCCCCC(C)CC)COP(=O)(O)OCC(O)COP(=O)(O)OC[C@@H](COC(=O)CCCCCCCCCCC(C)C)OC(=O)CCCCCCCCC(C)CC. The van der Waals surface area contributed by atoms with Crippen molar-refractivity contribution in [2.45, 2.75) is 414 Å². The van der Waals surface area contributed by atoms with Crippen LogP contribution in [0.5, 0.6) is 0 Å². The van der Waals surface area contributed by atoms with Crippen LogP contribution in [-0.4, -0.2) is 96.7 Å². The van der Waals surface area contributed by atoms with Gasteiger partial charge in [0.15, 0.2) is 12.2 Å². The molecule has 0 saturated carbocycles. The fraction of sp³-hybridized carbons (Fsp3) is 0.949. The van der Waals surface area contributed by atoms with Crippen LogP contribution in [0.2, 0.25) is 0 Å². The minimum atomic E-state index is -4.96. The minimum Gasteiger partial charge on any atom is -0.462 e. The molecule has 0 bridgehead atoms. The number of aliphatic hydroxyl groups is 1. The lowest BCUT2D eigenvalue weighted by atomic mass is 9.99. The number of phosphoric acid groups is 2. The lowest BCUT2D eigenvalue weighted by Gasteiger charge is -2.21. The van der Waals surface area contributed by atoms with Crippen LogP contribution in [0, 0.1) is 23.7 Å². The molecule has 0 aromatic heterocycles. The van der Waals surface area contributed by atoms with Crippen molar-refractivity contribution in [3.63, 3.8) is 0 Å². The molecule has 17 nitrogen and oxygen atoms in total. The van der Waals surface area contributed by atoms with Crippen molar-refractivity contribution >= 4 is 39.5 Å². The molecule has 0 spiro atoms. The summed E-state index contributed by atoms with van der Waals surface area (Å²) in [6, 6.07) is 0. The average Bonchev–Trinajstić information content (AvgIpc) is 1.83. The lowest BCUT2D eigenvalue weighted by molar-refractivity contribution is -0.161. The first-order chi connectivity index (χ1) is 46.7. The van der Waals surface area contributed by atoms with Crippen molar-refractivity contribution in [3.8, 4) is 0 Å². The van der Waals surface area contributed by atoms with Gasteiger partial charge >= 0.3 is 39.5 Å². The van der Waals surface area contributed by atoms with E-state index < -0.39 is 97.5 Å². The van der Waals surface area contributed by atoms with E-state index in [0.29, 0.717) is 25.7 Å². The first-order valence-electron chi connectivity index (χ1n) is 40.3. The van der Waals surface area contributed by atoms with E-state index >= 15 is 0 Å². The summed E-state index contributed by atoms with van der Waals surface area (Å²) in [5.74, 6) is 1.00. The number of rotatable bonds is 75. The molecule has 0 amide bonds. The summed E-state index contributed by atoms with van der Waals surface area (Å²) in [6.07, 6.45) is 52.8. The Morgan fingerprint density at radius 2 is 0.495 bits per heavy atom. The molecule has 0 fully saturated rings. The first-order valence-corrected chi connectivity index (χ1v) is 43.3. The minimum absolute atomic E-state index is 0.102. The quantitative estimate of drug-likeness (QED) is 0.0222. The molecule has 0 aromatic rings. The molecule has 0 radical (unpaired) electrons. The predicted octanol–water partition coefficient (Wildman–Crippen LogP) is 22.8. The second kappa shape index (κ2) is 67.2. The molecule has 0 saturated heterocycles. The third-order valence-corrected chi connectivity index (χ3v) is 21.1.